The number of hydrogen-bond donors (Lipinski definition) is 1. The number of anilines is 2. The molecule has 122 valence electrons. The first-order valence-electron chi connectivity index (χ1n) is 7.87. The lowest BCUT2D eigenvalue weighted by molar-refractivity contribution is -0.111. The number of methoxy groups -OCH3 is 1. The Morgan fingerprint density at radius 1 is 1.35 bits per heavy atom. The van der Waals surface area contributed by atoms with Crippen LogP contribution in [0.1, 0.15) is 19.3 Å². The van der Waals surface area contributed by atoms with Crippen LogP contribution >= 0.6 is 0 Å². The van der Waals surface area contributed by atoms with Gasteiger partial charge in [-0.15, -0.1) is 0 Å². The Hall–Kier alpha value is -2.50. The van der Waals surface area contributed by atoms with Crippen LogP contribution in [0.2, 0.25) is 0 Å². The molecule has 0 saturated carbocycles. The minimum atomic E-state index is -0.269. The molecule has 0 atom stereocenters. The van der Waals surface area contributed by atoms with Gasteiger partial charge in [0.05, 0.1) is 23.8 Å². The molecule has 1 aliphatic heterocycles. The van der Waals surface area contributed by atoms with E-state index in [2.05, 4.69) is 21.4 Å². The number of hydrogen-bond acceptors (Lipinski definition) is 4. The largest absolute Gasteiger partial charge is 0.494 e. The summed E-state index contributed by atoms with van der Waals surface area (Å²) in [6.45, 7) is 5.55. The van der Waals surface area contributed by atoms with Crippen molar-refractivity contribution < 1.29 is 9.53 Å². The third-order valence-corrected chi connectivity index (χ3v) is 4.26. The SMILES string of the molecule is C=CC(=O)Nc1cc2nc(N3CCCCC3)n(C)c2cc1OC. The number of carbonyl (C=O) groups is 1. The summed E-state index contributed by atoms with van der Waals surface area (Å²) in [6, 6.07) is 3.76. The Morgan fingerprint density at radius 3 is 2.74 bits per heavy atom. The third-order valence-electron chi connectivity index (χ3n) is 4.26. The molecule has 2 aromatic rings. The second-order valence-electron chi connectivity index (χ2n) is 5.75. The highest BCUT2D eigenvalue weighted by Gasteiger charge is 2.19. The number of imidazole rings is 1. The molecule has 1 fully saturated rings. The van der Waals surface area contributed by atoms with E-state index in [0.717, 1.165) is 30.1 Å². The van der Waals surface area contributed by atoms with Crippen molar-refractivity contribution in [2.75, 3.05) is 30.4 Å². The van der Waals surface area contributed by atoms with E-state index in [1.54, 1.807) is 7.11 Å². The number of fused-ring (bicyclic) bond motifs is 1. The molecule has 6 nitrogen and oxygen atoms in total. The van der Waals surface area contributed by atoms with Gasteiger partial charge < -0.3 is 19.5 Å². The van der Waals surface area contributed by atoms with E-state index >= 15 is 0 Å². The first-order chi connectivity index (χ1) is 11.1. The zero-order valence-electron chi connectivity index (χ0n) is 13.6. The molecule has 1 N–H and O–H groups in total. The first kappa shape index (κ1) is 15.4. The average Bonchev–Trinajstić information content (AvgIpc) is 2.90. The summed E-state index contributed by atoms with van der Waals surface area (Å²) in [4.78, 5) is 18.7. The predicted molar refractivity (Wildman–Crippen MR) is 92.2 cm³/mol. The molecule has 1 aliphatic rings. The van der Waals surface area contributed by atoms with Crippen molar-refractivity contribution in [3.05, 3.63) is 24.8 Å². The summed E-state index contributed by atoms with van der Waals surface area (Å²) in [5.74, 6) is 1.31. The molecule has 1 aromatic heterocycles. The van der Waals surface area contributed by atoms with Gasteiger partial charge in [-0.3, -0.25) is 4.79 Å². The Kier molecular flexibility index (Phi) is 4.23. The van der Waals surface area contributed by atoms with E-state index in [1.165, 1.54) is 25.3 Å². The van der Waals surface area contributed by atoms with Crippen LogP contribution in [0.25, 0.3) is 11.0 Å². The minimum absolute atomic E-state index is 0.269. The molecule has 0 aliphatic carbocycles. The summed E-state index contributed by atoms with van der Waals surface area (Å²) >= 11 is 0. The van der Waals surface area contributed by atoms with Crippen LogP contribution in [0.15, 0.2) is 24.8 Å². The van der Waals surface area contributed by atoms with Gasteiger partial charge in [0, 0.05) is 26.2 Å². The lowest BCUT2D eigenvalue weighted by Crippen LogP contribution is -2.31. The Balaban J connectivity index is 2.04. The zero-order chi connectivity index (χ0) is 16.4. The molecule has 0 spiro atoms. The summed E-state index contributed by atoms with van der Waals surface area (Å²) < 4.78 is 7.49. The number of benzene rings is 1. The lowest BCUT2D eigenvalue weighted by atomic mass is 10.1. The number of rotatable bonds is 4. The molecule has 2 heterocycles. The fraction of sp³-hybridized carbons (Fsp3) is 0.412. The highest BCUT2D eigenvalue weighted by molar-refractivity contribution is 6.01. The smallest absolute Gasteiger partial charge is 0.247 e. The van der Waals surface area contributed by atoms with Gasteiger partial charge in [-0.1, -0.05) is 6.58 Å². The van der Waals surface area contributed by atoms with E-state index in [0.29, 0.717) is 11.4 Å². The average molecular weight is 314 g/mol. The van der Waals surface area contributed by atoms with Gasteiger partial charge in [-0.25, -0.2) is 4.98 Å². The normalized spacial score (nSPS) is 14.8. The molecule has 0 radical (unpaired) electrons. The molecule has 0 unspecified atom stereocenters. The second kappa shape index (κ2) is 6.32. The highest BCUT2D eigenvalue weighted by Crippen LogP contribution is 2.32. The van der Waals surface area contributed by atoms with E-state index < -0.39 is 0 Å². The van der Waals surface area contributed by atoms with Crippen molar-refractivity contribution in [2.24, 2.45) is 7.05 Å². The number of ether oxygens (including phenoxy) is 1. The quantitative estimate of drug-likeness (QED) is 0.882. The number of aromatic nitrogens is 2. The van der Waals surface area contributed by atoms with Crippen LogP contribution in [0, 0.1) is 0 Å². The standard InChI is InChI=1S/C17H22N4O2/c1-4-16(22)18-13-10-12-14(11-15(13)23-3)20(2)17(19-12)21-8-6-5-7-9-21/h4,10-11H,1,5-9H2,2-3H3,(H,18,22). The van der Waals surface area contributed by atoms with Crippen LogP contribution in [0.5, 0.6) is 5.75 Å². The predicted octanol–water partition coefficient (Wildman–Crippen LogP) is 2.70. The van der Waals surface area contributed by atoms with Crippen LogP contribution < -0.4 is 15.0 Å². The van der Waals surface area contributed by atoms with Crippen molar-refractivity contribution in [3.8, 4) is 5.75 Å². The third kappa shape index (κ3) is 2.88. The van der Waals surface area contributed by atoms with Gasteiger partial charge in [0.1, 0.15) is 5.75 Å². The molecule has 0 bridgehead atoms. The topological polar surface area (TPSA) is 59.4 Å². The summed E-state index contributed by atoms with van der Waals surface area (Å²) in [5, 5.41) is 2.77. The lowest BCUT2D eigenvalue weighted by Gasteiger charge is -2.27. The zero-order valence-corrected chi connectivity index (χ0v) is 13.6. The maximum Gasteiger partial charge on any atom is 0.247 e. The van der Waals surface area contributed by atoms with Crippen LogP contribution in [0.3, 0.4) is 0 Å². The van der Waals surface area contributed by atoms with Crippen molar-refractivity contribution in [1.29, 1.82) is 0 Å². The van der Waals surface area contributed by atoms with E-state index in [9.17, 15) is 4.79 Å². The van der Waals surface area contributed by atoms with Gasteiger partial charge >= 0.3 is 0 Å². The Bertz CT molecular complexity index is 745. The van der Waals surface area contributed by atoms with Gasteiger partial charge in [0.2, 0.25) is 11.9 Å². The van der Waals surface area contributed by atoms with Gasteiger partial charge in [-0.2, -0.15) is 0 Å². The van der Waals surface area contributed by atoms with Crippen molar-refractivity contribution >= 4 is 28.6 Å². The molecule has 23 heavy (non-hydrogen) atoms. The van der Waals surface area contributed by atoms with E-state index in [1.807, 2.05) is 19.2 Å². The molecular weight excluding hydrogens is 292 g/mol. The highest BCUT2D eigenvalue weighted by atomic mass is 16.5. The van der Waals surface area contributed by atoms with E-state index in [-0.39, 0.29) is 5.91 Å². The van der Waals surface area contributed by atoms with Gasteiger partial charge in [0.25, 0.3) is 0 Å². The Labute approximate surface area is 135 Å². The van der Waals surface area contributed by atoms with Crippen LogP contribution in [-0.2, 0) is 11.8 Å². The molecule has 6 heteroatoms. The maximum absolute atomic E-state index is 11.6. The van der Waals surface area contributed by atoms with Gasteiger partial charge in [0.15, 0.2) is 0 Å². The molecule has 3 rings (SSSR count). The Morgan fingerprint density at radius 2 is 2.09 bits per heavy atom. The van der Waals surface area contributed by atoms with E-state index in [4.69, 9.17) is 9.72 Å². The molecule has 1 saturated heterocycles. The number of nitrogens with zero attached hydrogens (tertiary/aromatic N) is 3. The summed E-state index contributed by atoms with van der Waals surface area (Å²) in [5.41, 5.74) is 2.43. The van der Waals surface area contributed by atoms with Gasteiger partial charge in [-0.05, 0) is 31.4 Å². The van der Waals surface area contributed by atoms with Crippen molar-refractivity contribution in [2.45, 2.75) is 19.3 Å². The fourth-order valence-electron chi connectivity index (χ4n) is 3.03. The number of amides is 1. The van der Waals surface area contributed by atoms with Crippen molar-refractivity contribution in [3.63, 3.8) is 0 Å². The first-order valence-corrected chi connectivity index (χ1v) is 7.87. The number of piperidine rings is 1. The molecule has 1 aromatic carbocycles. The summed E-state index contributed by atoms with van der Waals surface area (Å²) in [6.07, 6.45) is 4.92. The summed E-state index contributed by atoms with van der Waals surface area (Å²) in [7, 11) is 3.60. The number of aryl methyl sites for hydroxylation is 1. The molecular formula is C17H22N4O2. The maximum atomic E-state index is 11.6. The van der Waals surface area contributed by atoms with Crippen LogP contribution in [-0.4, -0.2) is 35.7 Å². The monoisotopic (exact) mass is 314 g/mol. The number of carbonyl (C=O) groups excluding carboxylic acids is 1. The molecule has 1 amide bonds. The second-order valence-corrected chi connectivity index (χ2v) is 5.75. The van der Waals surface area contributed by atoms with Crippen molar-refractivity contribution in [1.82, 2.24) is 9.55 Å². The van der Waals surface area contributed by atoms with Crippen LogP contribution in [0.4, 0.5) is 11.6 Å². The minimum Gasteiger partial charge on any atom is -0.494 e. The number of nitrogens with one attached hydrogen (secondary N) is 1. The fourth-order valence-corrected chi connectivity index (χ4v) is 3.03.